The molecule has 2 nitrogen and oxygen atoms in total. The van der Waals surface area contributed by atoms with Crippen molar-refractivity contribution in [3.63, 3.8) is 0 Å². The molecule has 45 heavy (non-hydrogen) atoms. The van der Waals surface area contributed by atoms with E-state index >= 15 is 4.39 Å². The highest BCUT2D eigenvalue weighted by Gasteiger charge is 2.45. The average Bonchev–Trinajstić information content (AvgIpc) is 3.45. The minimum atomic E-state index is -4.35. The number of alkyl halides is 4. The Bertz CT molecular complexity index is 1500. The summed E-state index contributed by atoms with van der Waals surface area (Å²) in [4.78, 5) is 5.32. The first kappa shape index (κ1) is 33.8. The van der Waals surface area contributed by atoms with Crippen molar-refractivity contribution in [2.75, 3.05) is 0 Å². The van der Waals surface area contributed by atoms with Crippen LogP contribution < -0.4 is 0 Å². The second-order valence-electron chi connectivity index (χ2n) is 15.4. The topological polar surface area (TPSA) is 22.1 Å². The van der Waals surface area contributed by atoms with Gasteiger partial charge in [-0.2, -0.15) is 13.2 Å². The van der Waals surface area contributed by atoms with E-state index in [1.807, 2.05) is 0 Å². The van der Waals surface area contributed by atoms with E-state index in [-0.39, 0.29) is 39.4 Å². The summed E-state index contributed by atoms with van der Waals surface area (Å²) in [5, 5.41) is -0.0639. The van der Waals surface area contributed by atoms with Gasteiger partial charge in [0.2, 0.25) is 0 Å². The maximum Gasteiger partial charge on any atom is 0.393 e. The van der Waals surface area contributed by atoms with Gasteiger partial charge in [-0.15, -0.1) is 0 Å². The molecule has 0 aliphatic heterocycles. The first-order valence-electron chi connectivity index (χ1n) is 16.2. The van der Waals surface area contributed by atoms with E-state index in [2.05, 4.69) is 47.7 Å². The van der Waals surface area contributed by atoms with Gasteiger partial charge in [0.15, 0.2) is 14.5 Å². The van der Waals surface area contributed by atoms with E-state index in [9.17, 15) is 17.6 Å². The smallest absolute Gasteiger partial charge is 0.393 e. The standard InChI is InChI=1S/C37H46F5NOSi/c1-35(2,3)45(6,7)44-29-22-36(4,5)21-28-31(29)30(24-16-18-27(38)19-17-24)32(34(43-28)26-10-8-9-11-26)33(39)25-14-12-23(13-15-25)20-37(40,41)42/h12-19,26,29,33H,8-11,20-22H2,1-7H3. The fraction of sp³-hybridized carbons (Fsp3) is 0.541. The van der Waals surface area contributed by atoms with E-state index < -0.39 is 27.1 Å². The van der Waals surface area contributed by atoms with E-state index in [0.717, 1.165) is 49.1 Å². The van der Waals surface area contributed by atoms with Crippen LogP contribution in [0.3, 0.4) is 0 Å². The lowest BCUT2D eigenvalue weighted by Gasteiger charge is -2.45. The fourth-order valence-electron chi connectivity index (χ4n) is 6.82. The zero-order chi connectivity index (χ0) is 32.9. The number of rotatable bonds is 7. The minimum Gasteiger partial charge on any atom is -0.410 e. The molecule has 0 radical (unpaired) electrons. The maximum atomic E-state index is 17.3. The normalized spacial score (nSPS) is 19.9. The maximum absolute atomic E-state index is 17.3. The van der Waals surface area contributed by atoms with Gasteiger partial charge in [-0.25, -0.2) is 8.78 Å². The molecule has 0 saturated heterocycles. The van der Waals surface area contributed by atoms with Crippen LogP contribution in [0.4, 0.5) is 22.0 Å². The van der Waals surface area contributed by atoms with Crippen LogP contribution in [0.1, 0.15) is 119 Å². The van der Waals surface area contributed by atoms with Gasteiger partial charge >= 0.3 is 6.18 Å². The number of nitrogens with zero attached hydrogens (tertiary/aromatic N) is 1. The second-order valence-corrected chi connectivity index (χ2v) is 20.2. The molecule has 2 aliphatic carbocycles. The van der Waals surface area contributed by atoms with Crippen molar-refractivity contribution in [2.24, 2.45) is 5.41 Å². The van der Waals surface area contributed by atoms with Crippen LogP contribution in [0.5, 0.6) is 0 Å². The van der Waals surface area contributed by atoms with Gasteiger partial charge in [-0.05, 0) is 83.6 Å². The Morgan fingerprint density at radius 3 is 2.11 bits per heavy atom. The molecule has 2 aliphatic rings. The molecule has 0 spiro atoms. The van der Waals surface area contributed by atoms with Crippen LogP contribution in [0.15, 0.2) is 48.5 Å². The Morgan fingerprint density at radius 1 is 0.956 bits per heavy atom. The van der Waals surface area contributed by atoms with Crippen molar-refractivity contribution >= 4 is 8.32 Å². The summed E-state index contributed by atoms with van der Waals surface area (Å²) in [5.74, 6) is -0.316. The van der Waals surface area contributed by atoms with Gasteiger partial charge in [0.25, 0.3) is 0 Å². The summed E-state index contributed by atoms with van der Waals surface area (Å²) in [7, 11) is -2.30. The third kappa shape index (κ3) is 7.37. The van der Waals surface area contributed by atoms with Crippen molar-refractivity contribution < 1.29 is 26.4 Å². The van der Waals surface area contributed by atoms with Crippen molar-refractivity contribution in [3.8, 4) is 11.1 Å². The Hall–Kier alpha value is -2.58. The third-order valence-corrected chi connectivity index (χ3v) is 14.6. The fourth-order valence-corrected chi connectivity index (χ4v) is 8.09. The van der Waals surface area contributed by atoms with Crippen LogP contribution in [0, 0.1) is 11.2 Å². The van der Waals surface area contributed by atoms with E-state index in [1.165, 1.54) is 36.4 Å². The van der Waals surface area contributed by atoms with Gasteiger partial charge < -0.3 is 4.43 Å². The molecule has 0 bridgehead atoms. The largest absolute Gasteiger partial charge is 0.410 e. The monoisotopic (exact) mass is 643 g/mol. The molecule has 5 rings (SSSR count). The quantitative estimate of drug-likeness (QED) is 0.189. The van der Waals surface area contributed by atoms with Gasteiger partial charge in [0.1, 0.15) is 5.82 Å². The SMILES string of the molecule is CC1(C)Cc2nc(C3CCCC3)c(C(F)c3ccc(CC(F)(F)F)cc3)c(-c3ccc(F)cc3)c2C(O[Si](C)(C)C(C)(C)C)C1. The molecular formula is C37H46F5NOSi. The molecule has 1 aromatic heterocycles. The highest BCUT2D eigenvalue weighted by molar-refractivity contribution is 6.74. The van der Waals surface area contributed by atoms with Crippen molar-refractivity contribution in [1.29, 1.82) is 0 Å². The molecular weight excluding hydrogens is 597 g/mol. The summed E-state index contributed by atoms with van der Waals surface area (Å²) in [6.45, 7) is 15.5. The molecule has 244 valence electrons. The molecule has 2 atom stereocenters. The number of halogens is 5. The van der Waals surface area contributed by atoms with Gasteiger partial charge in [-0.1, -0.05) is 83.9 Å². The van der Waals surface area contributed by atoms with Crippen molar-refractivity contribution in [3.05, 3.63) is 88.0 Å². The lowest BCUT2D eigenvalue weighted by Crippen LogP contribution is -2.44. The van der Waals surface area contributed by atoms with Crippen LogP contribution >= 0.6 is 0 Å². The molecule has 3 aromatic rings. The average molecular weight is 644 g/mol. The van der Waals surface area contributed by atoms with Crippen LogP contribution in [-0.2, 0) is 17.3 Å². The summed E-state index contributed by atoms with van der Waals surface area (Å²) < 4.78 is 78.0. The summed E-state index contributed by atoms with van der Waals surface area (Å²) in [6, 6.07) is 11.9. The predicted octanol–water partition coefficient (Wildman–Crippen LogP) is 11.7. The van der Waals surface area contributed by atoms with Crippen LogP contribution in [0.2, 0.25) is 18.1 Å². The lowest BCUT2D eigenvalue weighted by molar-refractivity contribution is -0.127. The number of benzene rings is 2. The molecule has 1 saturated carbocycles. The van der Waals surface area contributed by atoms with E-state index in [4.69, 9.17) is 9.41 Å². The van der Waals surface area contributed by atoms with Crippen molar-refractivity contribution in [1.82, 2.24) is 4.98 Å². The molecule has 2 aromatic carbocycles. The first-order chi connectivity index (χ1) is 20.9. The molecule has 0 N–H and O–H groups in total. The third-order valence-electron chi connectivity index (χ3n) is 10.1. The second kappa shape index (κ2) is 12.2. The Morgan fingerprint density at radius 2 is 1.56 bits per heavy atom. The number of hydrogen-bond acceptors (Lipinski definition) is 2. The Kier molecular flexibility index (Phi) is 9.17. The molecule has 2 unspecified atom stereocenters. The number of hydrogen-bond donors (Lipinski definition) is 0. The van der Waals surface area contributed by atoms with E-state index in [1.54, 1.807) is 12.1 Å². The highest BCUT2D eigenvalue weighted by atomic mass is 28.4. The first-order valence-corrected chi connectivity index (χ1v) is 19.1. The Labute approximate surface area is 265 Å². The van der Waals surface area contributed by atoms with Crippen molar-refractivity contribution in [2.45, 2.75) is 122 Å². The summed E-state index contributed by atoms with van der Waals surface area (Å²) in [5.41, 5.74) is 4.61. The Balaban J connectivity index is 1.78. The van der Waals surface area contributed by atoms with Gasteiger partial charge in [-0.3, -0.25) is 4.98 Å². The van der Waals surface area contributed by atoms with Gasteiger partial charge in [0, 0.05) is 22.7 Å². The minimum absolute atomic E-state index is 0.0639. The zero-order valence-electron chi connectivity index (χ0n) is 27.5. The summed E-state index contributed by atoms with van der Waals surface area (Å²) in [6.07, 6.45) is -2.11. The molecule has 1 heterocycles. The molecule has 8 heteroatoms. The van der Waals surface area contributed by atoms with Crippen LogP contribution in [-0.4, -0.2) is 19.5 Å². The number of aromatic nitrogens is 1. The predicted molar refractivity (Wildman–Crippen MR) is 173 cm³/mol. The summed E-state index contributed by atoms with van der Waals surface area (Å²) >= 11 is 0. The number of pyridine rings is 1. The highest BCUT2D eigenvalue weighted by Crippen LogP contribution is 2.53. The van der Waals surface area contributed by atoms with Gasteiger partial charge in [0.05, 0.1) is 18.2 Å². The lowest BCUT2D eigenvalue weighted by atomic mass is 9.71. The van der Waals surface area contributed by atoms with Crippen LogP contribution in [0.25, 0.3) is 11.1 Å². The molecule has 0 amide bonds. The zero-order valence-corrected chi connectivity index (χ0v) is 28.5. The van der Waals surface area contributed by atoms with E-state index in [0.29, 0.717) is 23.1 Å². The number of fused-ring (bicyclic) bond motifs is 1. The molecule has 1 fully saturated rings.